The standard InChI is InChI=1S/C40H72N2O13/c1-20-18-39(9,50-14)34(55-37-30(44)27(17-21(2)51-37)42(12)16-15-41(10)11)23(4)31(53-28-19-38(8,49-13)33(46)26(7)52-28)24(5)36(47)54-35-25(6)40(35,48)32(45)22(3)29(20)43/h20-28,30-35,37,44-46,48H,15-19H2,1-14H3/t20-,21-,22?,23+,24-,25?,26+,27+,28+,30-,31+,32-,33+,34-,35-,37+,38-,39+,40+/m1/s1. The smallest absolute Gasteiger partial charge is 0.311 e. The molecule has 15 heteroatoms. The molecular weight excluding hydrogens is 716 g/mol. The van der Waals surface area contributed by atoms with Gasteiger partial charge in [-0.3, -0.25) is 14.5 Å². The van der Waals surface area contributed by atoms with E-state index < -0.39 is 108 Å². The lowest BCUT2D eigenvalue weighted by atomic mass is 9.75. The van der Waals surface area contributed by atoms with Gasteiger partial charge in [-0.1, -0.05) is 27.7 Å². The van der Waals surface area contributed by atoms with E-state index in [1.54, 1.807) is 41.5 Å². The molecule has 3 aliphatic heterocycles. The number of methoxy groups -OCH3 is 2. The maximum absolute atomic E-state index is 14.1. The molecule has 4 fully saturated rings. The third-order valence-electron chi connectivity index (χ3n) is 13.4. The first-order valence-electron chi connectivity index (χ1n) is 20.0. The van der Waals surface area contributed by atoms with Gasteiger partial charge in [-0.15, -0.1) is 0 Å². The summed E-state index contributed by atoms with van der Waals surface area (Å²) in [4.78, 5) is 32.3. The van der Waals surface area contributed by atoms with Gasteiger partial charge in [0.05, 0.1) is 47.6 Å². The molecule has 55 heavy (non-hydrogen) atoms. The zero-order chi connectivity index (χ0) is 41.5. The van der Waals surface area contributed by atoms with E-state index in [9.17, 15) is 30.0 Å². The molecule has 19 atom stereocenters. The van der Waals surface area contributed by atoms with Crippen molar-refractivity contribution in [3.8, 4) is 0 Å². The van der Waals surface area contributed by atoms with Crippen LogP contribution >= 0.6 is 0 Å². The van der Waals surface area contributed by atoms with Crippen molar-refractivity contribution in [1.29, 1.82) is 0 Å². The van der Waals surface area contributed by atoms with Crippen molar-refractivity contribution in [2.45, 2.75) is 166 Å². The number of nitrogens with zero attached hydrogens (tertiary/aromatic N) is 2. The lowest BCUT2D eigenvalue weighted by Crippen LogP contribution is -2.61. The Labute approximate surface area is 328 Å². The highest BCUT2D eigenvalue weighted by Gasteiger charge is 2.70. The summed E-state index contributed by atoms with van der Waals surface area (Å²) < 4.78 is 44.2. The van der Waals surface area contributed by atoms with Crippen molar-refractivity contribution in [1.82, 2.24) is 9.80 Å². The number of rotatable bonds is 10. The number of likely N-dealkylation sites (N-methyl/N-ethyl adjacent to an activating group) is 2. The molecule has 0 spiro atoms. The molecule has 4 aliphatic rings. The summed E-state index contributed by atoms with van der Waals surface area (Å²) in [5.74, 6) is -5.00. The number of esters is 1. The number of aliphatic hydroxyl groups is 4. The number of aliphatic hydroxyl groups excluding tert-OH is 3. The van der Waals surface area contributed by atoms with Crippen LogP contribution in [0.1, 0.15) is 81.6 Å². The normalized spacial score (nSPS) is 49.0. The Bertz CT molecular complexity index is 1310. The number of hydrogen-bond acceptors (Lipinski definition) is 15. The topological polar surface area (TPSA) is 186 Å². The van der Waals surface area contributed by atoms with Crippen molar-refractivity contribution in [3.63, 3.8) is 0 Å². The first-order valence-corrected chi connectivity index (χ1v) is 20.0. The van der Waals surface area contributed by atoms with E-state index in [0.717, 1.165) is 6.54 Å². The monoisotopic (exact) mass is 789 g/mol. The number of hydrogen-bond donors (Lipinski definition) is 4. The van der Waals surface area contributed by atoms with E-state index >= 15 is 0 Å². The highest BCUT2D eigenvalue weighted by molar-refractivity contribution is 5.84. The Kier molecular flexibility index (Phi) is 15.1. The summed E-state index contributed by atoms with van der Waals surface area (Å²) in [6, 6.07) is -0.297. The van der Waals surface area contributed by atoms with Crippen LogP contribution in [0.4, 0.5) is 0 Å². The van der Waals surface area contributed by atoms with Gasteiger partial charge in [0.1, 0.15) is 29.7 Å². The van der Waals surface area contributed by atoms with Gasteiger partial charge in [-0.25, -0.2) is 0 Å². The van der Waals surface area contributed by atoms with Crippen LogP contribution in [0, 0.1) is 29.6 Å². The van der Waals surface area contributed by atoms with Gasteiger partial charge < -0.3 is 58.5 Å². The van der Waals surface area contributed by atoms with E-state index in [1.807, 2.05) is 41.9 Å². The van der Waals surface area contributed by atoms with Crippen LogP contribution in [0.25, 0.3) is 0 Å². The zero-order valence-electron chi connectivity index (χ0n) is 35.6. The Morgan fingerprint density at radius 3 is 2.02 bits per heavy atom. The predicted molar refractivity (Wildman–Crippen MR) is 202 cm³/mol. The molecule has 0 bridgehead atoms. The average Bonchev–Trinajstić information content (AvgIpc) is 3.66. The predicted octanol–water partition coefficient (Wildman–Crippen LogP) is 1.59. The number of carbonyl (C=O) groups excluding carboxylic acids is 2. The minimum atomic E-state index is -1.81. The van der Waals surface area contributed by atoms with Crippen molar-refractivity contribution in [2.24, 2.45) is 29.6 Å². The molecule has 1 aliphatic carbocycles. The molecule has 0 amide bonds. The summed E-state index contributed by atoms with van der Waals surface area (Å²) in [7, 11) is 8.98. The fourth-order valence-corrected chi connectivity index (χ4v) is 9.27. The van der Waals surface area contributed by atoms with E-state index in [0.29, 0.717) is 13.0 Å². The number of fused-ring (bicyclic) bond motifs is 1. The maximum Gasteiger partial charge on any atom is 0.311 e. The zero-order valence-corrected chi connectivity index (χ0v) is 35.6. The SMILES string of the molecule is CO[C@]1(C)C[C@H](O[C@H]2[C@H](C)[C@@H](O[C@@H]3O[C@H](C)C[C@H](N(C)CCN(C)C)[C@H]3O)[C@@](C)(OC)C[C@@H](C)C(=O)C(C)[C@@H](O)[C@@]3(O)C(C)[C@H]3OC(=O)[C@@H]2C)O[C@@H](C)[C@@H]1O. The van der Waals surface area contributed by atoms with Gasteiger partial charge >= 0.3 is 5.97 Å². The molecule has 2 unspecified atom stereocenters. The minimum Gasteiger partial charge on any atom is -0.458 e. The summed E-state index contributed by atoms with van der Waals surface area (Å²) in [6.07, 6.45) is -8.73. The molecule has 4 N–H and O–H groups in total. The number of ether oxygens (including phenoxy) is 7. The van der Waals surface area contributed by atoms with Gasteiger partial charge in [-0.05, 0) is 68.6 Å². The van der Waals surface area contributed by atoms with Crippen LogP contribution in [0.2, 0.25) is 0 Å². The second-order valence-corrected chi connectivity index (χ2v) is 17.9. The Morgan fingerprint density at radius 1 is 0.818 bits per heavy atom. The van der Waals surface area contributed by atoms with Gasteiger partial charge in [0, 0.05) is 63.4 Å². The second kappa shape index (κ2) is 17.9. The molecule has 15 nitrogen and oxygen atoms in total. The van der Waals surface area contributed by atoms with E-state index in [4.69, 9.17) is 33.2 Å². The van der Waals surface area contributed by atoms with Crippen LogP contribution in [0.5, 0.6) is 0 Å². The Balaban J connectivity index is 1.81. The van der Waals surface area contributed by atoms with E-state index in [2.05, 4.69) is 9.80 Å². The summed E-state index contributed by atoms with van der Waals surface area (Å²) in [5, 5.41) is 45.8. The van der Waals surface area contributed by atoms with E-state index in [1.165, 1.54) is 14.2 Å². The van der Waals surface area contributed by atoms with Crippen LogP contribution in [-0.4, -0.2) is 175 Å². The lowest BCUT2D eigenvalue weighted by Gasteiger charge is -2.49. The van der Waals surface area contributed by atoms with E-state index in [-0.39, 0.29) is 30.8 Å². The van der Waals surface area contributed by atoms with Gasteiger partial charge in [0.2, 0.25) is 0 Å². The number of Topliss-reactive ketones (excluding diaryl/α,β-unsaturated/α-hetero) is 1. The van der Waals surface area contributed by atoms with Gasteiger partial charge in [0.15, 0.2) is 12.6 Å². The third-order valence-corrected chi connectivity index (χ3v) is 13.4. The first-order chi connectivity index (χ1) is 25.5. The third kappa shape index (κ3) is 9.44. The molecular formula is C40H72N2O13. The Hall–Kier alpha value is -1.34. The largest absolute Gasteiger partial charge is 0.458 e. The summed E-state index contributed by atoms with van der Waals surface area (Å²) in [6.45, 7) is 17.2. The van der Waals surface area contributed by atoms with Gasteiger partial charge in [0.25, 0.3) is 0 Å². The van der Waals surface area contributed by atoms with Crippen molar-refractivity contribution >= 4 is 11.8 Å². The second-order valence-electron chi connectivity index (χ2n) is 17.9. The molecule has 4 rings (SSSR count). The molecule has 0 aromatic carbocycles. The van der Waals surface area contributed by atoms with Crippen LogP contribution in [-0.2, 0) is 42.7 Å². The van der Waals surface area contributed by atoms with Crippen LogP contribution in [0.3, 0.4) is 0 Å². The van der Waals surface area contributed by atoms with Gasteiger partial charge in [-0.2, -0.15) is 0 Å². The van der Waals surface area contributed by atoms with Crippen LogP contribution in [0.15, 0.2) is 0 Å². The van der Waals surface area contributed by atoms with Crippen molar-refractivity contribution in [2.75, 3.05) is 48.5 Å². The molecule has 3 heterocycles. The number of ketones is 1. The van der Waals surface area contributed by atoms with Crippen molar-refractivity contribution in [3.05, 3.63) is 0 Å². The summed E-state index contributed by atoms with van der Waals surface area (Å²) >= 11 is 0. The average molecular weight is 789 g/mol. The fourth-order valence-electron chi connectivity index (χ4n) is 9.27. The first kappa shape index (κ1) is 46.4. The maximum atomic E-state index is 14.1. The Morgan fingerprint density at radius 2 is 1.44 bits per heavy atom. The fraction of sp³-hybridized carbons (Fsp3) is 0.950. The highest BCUT2D eigenvalue weighted by Crippen LogP contribution is 2.51. The minimum absolute atomic E-state index is 0.118. The molecule has 0 aromatic rings. The quantitative estimate of drug-likeness (QED) is 0.234. The molecule has 0 aromatic heterocycles. The lowest BCUT2D eigenvalue weighted by molar-refractivity contribution is -0.319. The molecule has 320 valence electrons. The van der Waals surface area contributed by atoms with Crippen molar-refractivity contribution < 1.29 is 63.2 Å². The molecule has 0 radical (unpaired) electrons. The van der Waals surface area contributed by atoms with Crippen LogP contribution < -0.4 is 0 Å². The molecule has 1 saturated carbocycles. The number of carbonyl (C=O) groups is 2. The molecule has 3 saturated heterocycles. The summed E-state index contributed by atoms with van der Waals surface area (Å²) in [5.41, 5.74) is -4.10. The highest BCUT2D eigenvalue weighted by atomic mass is 16.7.